The third kappa shape index (κ3) is 3.29. The molecule has 1 atom stereocenters. The molecule has 0 aliphatic carbocycles. The normalized spacial score (nSPS) is 20.8. The summed E-state index contributed by atoms with van der Waals surface area (Å²) in [5, 5.41) is 0. The van der Waals surface area contributed by atoms with Crippen LogP contribution in [0.25, 0.3) is 11.4 Å². The molecule has 26 heavy (non-hydrogen) atoms. The predicted octanol–water partition coefficient (Wildman–Crippen LogP) is 1.36. The molecule has 0 saturated carbocycles. The first-order valence-corrected chi connectivity index (χ1v) is 9.22. The summed E-state index contributed by atoms with van der Waals surface area (Å²) in [4.78, 5) is 29.8. The number of aromatic nitrogens is 4. The van der Waals surface area contributed by atoms with Crippen LogP contribution in [-0.2, 0) is 9.53 Å². The van der Waals surface area contributed by atoms with Gasteiger partial charge in [-0.25, -0.2) is 15.0 Å². The molecule has 2 aliphatic heterocycles. The Balaban J connectivity index is 1.52. The lowest BCUT2D eigenvalue weighted by Gasteiger charge is -2.26. The van der Waals surface area contributed by atoms with Gasteiger partial charge in [0.2, 0.25) is 11.9 Å². The lowest BCUT2D eigenvalue weighted by molar-refractivity contribution is -0.127. The summed E-state index contributed by atoms with van der Waals surface area (Å²) in [6.45, 7) is 6.69. The number of nitrogens with zero attached hydrogens (tertiary/aromatic N) is 6. The zero-order valence-electron chi connectivity index (χ0n) is 15.0. The molecule has 1 unspecified atom stereocenters. The van der Waals surface area contributed by atoms with E-state index in [4.69, 9.17) is 4.74 Å². The van der Waals surface area contributed by atoms with Crippen LogP contribution in [0.3, 0.4) is 0 Å². The number of ether oxygens (including phenoxy) is 1. The Morgan fingerprint density at radius 1 is 1.19 bits per heavy atom. The highest BCUT2D eigenvalue weighted by atomic mass is 16.5. The Hall–Kier alpha value is -2.48. The molecule has 2 fully saturated rings. The number of hydrogen-bond donors (Lipinski definition) is 0. The number of likely N-dealkylation sites (tertiary alicyclic amines) is 1. The number of morpholine rings is 1. The van der Waals surface area contributed by atoms with Crippen molar-refractivity contribution in [3.63, 3.8) is 0 Å². The number of carbonyl (C=O) groups excluding carboxylic acids is 1. The van der Waals surface area contributed by atoms with Gasteiger partial charge >= 0.3 is 0 Å². The van der Waals surface area contributed by atoms with Crippen LogP contribution in [0.2, 0.25) is 0 Å². The number of imidazole rings is 1. The zero-order chi connectivity index (χ0) is 17.9. The first kappa shape index (κ1) is 17.0. The standard InChI is InChI=1S/C18H24N6O2/c1-2-4-23-13-15(10-16(23)25)24-5-3-19-17(24)14-11-20-18(21-12-14)22-6-8-26-9-7-22/h3,5,11-12,15H,2,4,6-10,13H2,1H3. The van der Waals surface area contributed by atoms with Crippen molar-refractivity contribution in [3.05, 3.63) is 24.8 Å². The van der Waals surface area contributed by atoms with Gasteiger partial charge in [-0.15, -0.1) is 0 Å². The van der Waals surface area contributed by atoms with E-state index in [-0.39, 0.29) is 11.9 Å². The van der Waals surface area contributed by atoms with Crippen molar-refractivity contribution >= 4 is 11.9 Å². The molecule has 0 radical (unpaired) electrons. The summed E-state index contributed by atoms with van der Waals surface area (Å²) in [5.41, 5.74) is 0.869. The second-order valence-electron chi connectivity index (χ2n) is 6.73. The number of anilines is 1. The predicted molar refractivity (Wildman–Crippen MR) is 96.8 cm³/mol. The Morgan fingerprint density at radius 3 is 2.69 bits per heavy atom. The molecule has 0 spiro atoms. The maximum atomic E-state index is 12.2. The minimum atomic E-state index is 0.116. The summed E-state index contributed by atoms with van der Waals surface area (Å²) in [7, 11) is 0. The van der Waals surface area contributed by atoms with E-state index >= 15 is 0 Å². The third-order valence-electron chi connectivity index (χ3n) is 4.94. The molecule has 2 saturated heterocycles. The number of hydrogen-bond acceptors (Lipinski definition) is 6. The van der Waals surface area contributed by atoms with E-state index in [0.717, 1.165) is 49.9 Å². The molecule has 8 nitrogen and oxygen atoms in total. The van der Waals surface area contributed by atoms with Crippen LogP contribution < -0.4 is 4.90 Å². The summed E-state index contributed by atoms with van der Waals surface area (Å²) in [5.74, 6) is 1.76. The average Bonchev–Trinajstić information content (AvgIpc) is 3.30. The second-order valence-corrected chi connectivity index (χ2v) is 6.73. The van der Waals surface area contributed by atoms with Gasteiger partial charge in [-0.1, -0.05) is 6.92 Å². The lowest BCUT2D eigenvalue weighted by Crippen LogP contribution is -2.37. The fourth-order valence-corrected chi connectivity index (χ4v) is 3.62. The number of carbonyl (C=O) groups is 1. The highest BCUT2D eigenvalue weighted by molar-refractivity contribution is 5.79. The van der Waals surface area contributed by atoms with Gasteiger partial charge in [0.15, 0.2) is 0 Å². The van der Waals surface area contributed by atoms with E-state index in [9.17, 15) is 4.79 Å². The van der Waals surface area contributed by atoms with Crippen molar-refractivity contribution in [2.45, 2.75) is 25.8 Å². The van der Waals surface area contributed by atoms with E-state index in [1.54, 1.807) is 6.20 Å². The molecule has 2 aliphatic rings. The van der Waals surface area contributed by atoms with Crippen molar-refractivity contribution in [2.75, 3.05) is 44.3 Å². The van der Waals surface area contributed by atoms with Gasteiger partial charge in [-0.05, 0) is 6.42 Å². The summed E-state index contributed by atoms with van der Waals surface area (Å²) < 4.78 is 7.45. The number of rotatable bonds is 5. The first-order valence-electron chi connectivity index (χ1n) is 9.22. The number of amides is 1. The van der Waals surface area contributed by atoms with Crippen molar-refractivity contribution in [1.29, 1.82) is 0 Å². The van der Waals surface area contributed by atoms with Crippen LogP contribution in [0.1, 0.15) is 25.8 Å². The maximum Gasteiger partial charge on any atom is 0.225 e. The molecule has 1 amide bonds. The van der Waals surface area contributed by atoms with E-state index in [2.05, 4.69) is 31.3 Å². The van der Waals surface area contributed by atoms with Crippen LogP contribution in [0.4, 0.5) is 5.95 Å². The Kier molecular flexibility index (Phi) is 4.83. The minimum Gasteiger partial charge on any atom is -0.378 e. The molecule has 4 heterocycles. The molecule has 0 bridgehead atoms. The summed E-state index contributed by atoms with van der Waals surface area (Å²) >= 11 is 0. The second kappa shape index (κ2) is 7.41. The van der Waals surface area contributed by atoms with Crippen molar-refractivity contribution in [1.82, 2.24) is 24.4 Å². The van der Waals surface area contributed by atoms with Crippen LogP contribution in [0, 0.1) is 0 Å². The highest BCUT2D eigenvalue weighted by Crippen LogP contribution is 2.28. The maximum absolute atomic E-state index is 12.2. The molecule has 138 valence electrons. The smallest absolute Gasteiger partial charge is 0.225 e. The quantitative estimate of drug-likeness (QED) is 0.805. The third-order valence-corrected chi connectivity index (χ3v) is 4.94. The lowest BCUT2D eigenvalue weighted by atomic mass is 10.2. The van der Waals surface area contributed by atoms with E-state index in [1.807, 2.05) is 23.5 Å². The van der Waals surface area contributed by atoms with Crippen LogP contribution >= 0.6 is 0 Å². The van der Waals surface area contributed by atoms with Gasteiger partial charge in [-0.2, -0.15) is 0 Å². The minimum absolute atomic E-state index is 0.116. The fourth-order valence-electron chi connectivity index (χ4n) is 3.62. The summed E-state index contributed by atoms with van der Waals surface area (Å²) in [6, 6.07) is 0.116. The van der Waals surface area contributed by atoms with E-state index in [1.165, 1.54) is 0 Å². The van der Waals surface area contributed by atoms with Crippen molar-refractivity contribution in [3.8, 4) is 11.4 Å². The van der Waals surface area contributed by atoms with Gasteiger partial charge in [0.1, 0.15) is 5.82 Å². The van der Waals surface area contributed by atoms with Gasteiger partial charge < -0.3 is 19.1 Å². The monoisotopic (exact) mass is 356 g/mol. The average molecular weight is 356 g/mol. The topological polar surface area (TPSA) is 76.4 Å². The van der Waals surface area contributed by atoms with Crippen molar-refractivity contribution < 1.29 is 9.53 Å². The molecule has 0 aromatic carbocycles. The van der Waals surface area contributed by atoms with Crippen LogP contribution in [0.15, 0.2) is 24.8 Å². The van der Waals surface area contributed by atoms with E-state index < -0.39 is 0 Å². The van der Waals surface area contributed by atoms with Gasteiger partial charge in [0.05, 0.1) is 24.8 Å². The molecule has 0 N–H and O–H groups in total. The summed E-state index contributed by atoms with van der Waals surface area (Å²) in [6.07, 6.45) is 8.85. The van der Waals surface area contributed by atoms with Crippen molar-refractivity contribution in [2.24, 2.45) is 0 Å². The molecule has 2 aromatic rings. The van der Waals surface area contributed by atoms with Crippen LogP contribution in [0.5, 0.6) is 0 Å². The van der Waals surface area contributed by atoms with Gasteiger partial charge in [-0.3, -0.25) is 4.79 Å². The first-order chi connectivity index (χ1) is 12.8. The molecular weight excluding hydrogens is 332 g/mol. The van der Waals surface area contributed by atoms with Gasteiger partial charge in [0.25, 0.3) is 0 Å². The molecular formula is C18H24N6O2. The van der Waals surface area contributed by atoms with E-state index in [0.29, 0.717) is 19.6 Å². The van der Waals surface area contributed by atoms with Crippen LogP contribution in [-0.4, -0.2) is 69.7 Å². The fraction of sp³-hybridized carbons (Fsp3) is 0.556. The zero-order valence-corrected chi connectivity index (χ0v) is 15.0. The van der Waals surface area contributed by atoms with Gasteiger partial charge in [0, 0.05) is 57.4 Å². The SMILES string of the molecule is CCCN1CC(n2ccnc2-c2cnc(N3CCOCC3)nc2)CC1=O. The molecule has 4 rings (SSSR count). The highest BCUT2D eigenvalue weighted by Gasteiger charge is 2.31. The largest absolute Gasteiger partial charge is 0.378 e. The Bertz CT molecular complexity index is 753. The Labute approximate surface area is 152 Å². The Morgan fingerprint density at radius 2 is 1.96 bits per heavy atom. The molecule has 2 aromatic heterocycles. The molecule has 8 heteroatoms.